The molecule has 0 aliphatic heterocycles. The number of hydrogen-bond donors (Lipinski definition) is 1. The van der Waals surface area contributed by atoms with Crippen molar-refractivity contribution in [3.8, 4) is 0 Å². The summed E-state index contributed by atoms with van der Waals surface area (Å²) in [7, 11) is 0. The van der Waals surface area contributed by atoms with Gasteiger partial charge in [0, 0.05) is 6.07 Å². The topological polar surface area (TPSA) is 81.2 Å². The molecule has 90 valence electrons. The van der Waals surface area contributed by atoms with Crippen LogP contribution in [0.25, 0.3) is 11.0 Å². The SMILES string of the molecule is O=[N+]([O-])c1cc(C(F)(F)F)cc2c1ncn2O. The Morgan fingerprint density at radius 1 is 1.41 bits per heavy atom. The minimum absolute atomic E-state index is 0.300. The van der Waals surface area contributed by atoms with Gasteiger partial charge in [-0.3, -0.25) is 10.1 Å². The van der Waals surface area contributed by atoms with Crippen molar-refractivity contribution in [3.05, 3.63) is 34.1 Å². The highest BCUT2D eigenvalue weighted by molar-refractivity contribution is 5.85. The summed E-state index contributed by atoms with van der Waals surface area (Å²) in [5.74, 6) is 0. The molecule has 1 N–H and O–H groups in total. The lowest BCUT2D eigenvalue weighted by atomic mass is 10.1. The standard InChI is InChI=1S/C8H4F3N3O3/c9-8(10,11)4-1-5-7(12-3-13(5)15)6(2-4)14(16)17/h1-3,15H. The smallest absolute Gasteiger partial charge is 0.416 e. The number of fused-ring (bicyclic) bond motifs is 1. The van der Waals surface area contributed by atoms with Crippen LogP contribution < -0.4 is 0 Å². The quantitative estimate of drug-likeness (QED) is 0.475. The maximum absolute atomic E-state index is 12.5. The molecule has 1 aromatic heterocycles. The fourth-order valence-corrected chi connectivity index (χ4v) is 1.39. The monoisotopic (exact) mass is 247 g/mol. The molecule has 6 nitrogen and oxygen atoms in total. The first-order chi connectivity index (χ1) is 7.80. The Labute approximate surface area is 91.0 Å². The molecule has 0 spiro atoms. The van der Waals surface area contributed by atoms with Crippen molar-refractivity contribution >= 4 is 16.7 Å². The van der Waals surface area contributed by atoms with Crippen molar-refractivity contribution in [2.75, 3.05) is 0 Å². The van der Waals surface area contributed by atoms with E-state index in [0.29, 0.717) is 16.9 Å². The van der Waals surface area contributed by atoms with Gasteiger partial charge in [-0.2, -0.15) is 17.9 Å². The molecule has 0 aliphatic rings. The van der Waals surface area contributed by atoms with Gasteiger partial charge in [0.1, 0.15) is 11.8 Å². The Morgan fingerprint density at radius 3 is 2.59 bits per heavy atom. The van der Waals surface area contributed by atoms with Crippen LogP contribution in [0.15, 0.2) is 18.5 Å². The van der Waals surface area contributed by atoms with Crippen LogP contribution in [-0.4, -0.2) is 19.8 Å². The first-order valence-electron chi connectivity index (χ1n) is 4.22. The molecule has 2 rings (SSSR count). The summed E-state index contributed by atoms with van der Waals surface area (Å²) in [5, 5.41) is 19.8. The van der Waals surface area contributed by atoms with Crippen LogP contribution in [0.2, 0.25) is 0 Å². The third kappa shape index (κ3) is 1.75. The third-order valence-corrected chi connectivity index (χ3v) is 2.14. The van der Waals surface area contributed by atoms with Crippen molar-refractivity contribution in [1.29, 1.82) is 0 Å². The number of imidazole rings is 1. The summed E-state index contributed by atoms with van der Waals surface area (Å²) >= 11 is 0. The zero-order chi connectivity index (χ0) is 12.8. The first-order valence-corrected chi connectivity index (χ1v) is 4.22. The number of rotatable bonds is 1. The molecule has 1 aromatic carbocycles. The van der Waals surface area contributed by atoms with Crippen molar-refractivity contribution in [3.63, 3.8) is 0 Å². The minimum Gasteiger partial charge on any atom is -0.427 e. The number of nitrogens with zero attached hydrogens (tertiary/aromatic N) is 3. The molecule has 9 heteroatoms. The lowest BCUT2D eigenvalue weighted by Gasteiger charge is -2.06. The Hall–Kier alpha value is -2.32. The molecule has 1 heterocycles. The van der Waals surface area contributed by atoms with Crippen LogP contribution in [0.3, 0.4) is 0 Å². The average molecular weight is 247 g/mol. The van der Waals surface area contributed by atoms with Crippen molar-refractivity contribution in [2.24, 2.45) is 0 Å². The van der Waals surface area contributed by atoms with Gasteiger partial charge in [0.15, 0.2) is 5.52 Å². The Balaban J connectivity index is 2.83. The normalized spacial score (nSPS) is 11.9. The second-order valence-electron chi connectivity index (χ2n) is 3.21. The van der Waals surface area contributed by atoms with Crippen LogP contribution in [0.5, 0.6) is 0 Å². The lowest BCUT2D eigenvalue weighted by Crippen LogP contribution is -2.06. The van der Waals surface area contributed by atoms with E-state index in [1.165, 1.54) is 0 Å². The molecule has 0 amide bonds. The van der Waals surface area contributed by atoms with Gasteiger partial charge >= 0.3 is 6.18 Å². The molecule has 0 saturated carbocycles. The number of benzene rings is 1. The predicted molar refractivity (Wildman–Crippen MR) is 48.6 cm³/mol. The fraction of sp³-hybridized carbons (Fsp3) is 0.125. The number of non-ortho nitro benzene ring substituents is 1. The van der Waals surface area contributed by atoms with Crippen LogP contribution >= 0.6 is 0 Å². The van der Waals surface area contributed by atoms with Crippen molar-refractivity contribution < 1.29 is 23.3 Å². The van der Waals surface area contributed by atoms with Gasteiger partial charge in [-0.15, -0.1) is 0 Å². The molecule has 17 heavy (non-hydrogen) atoms. The number of alkyl halides is 3. The molecule has 0 aliphatic carbocycles. The number of halogens is 3. The van der Waals surface area contributed by atoms with E-state index < -0.39 is 22.4 Å². The van der Waals surface area contributed by atoms with E-state index in [9.17, 15) is 28.5 Å². The fourth-order valence-electron chi connectivity index (χ4n) is 1.39. The average Bonchev–Trinajstić information content (AvgIpc) is 2.58. The van der Waals surface area contributed by atoms with Crippen LogP contribution in [0.1, 0.15) is 5.56 Å². The van der Waals surface area contributed by atoms with Crippen LogP contribution in [0.4, 0.5) is 18.9 Å². The minimum atomic E-state index is -4.73. The lowest BCUT2D eigenvalue weighted by molar-refractivity contribution is -0.383. The van der Waals surface area contributed by atoms with Gasteiger partial charge in [0.25, 0.3) is 5.69 Å². The zero-order valence-corrected chi connectivity index (χ0v) is 7.97. The first kappa shape index (κ1) is 11.2. The Kier molecular flexibility index (Phi) is 2.19. The van der Waals surface area contributed by atoms with Crippen LogP contribution in [0, 0.1) is 10.1 Å². The summed E-state index contributed by atoms with van der Waals surface area (Å²) < 4.78 is 37.7. The van der Waals surface area contributed by atoms with Gasteiger partial charge in [-0.25, -0.2) is 4.98 Å². The molecular weight excluding hydrogens is 243 g/mol. The van der Waals surface area contributed by atoms with E-state index in [-0.39, 0.29) is 11.0 Å². The van der Waals surface area contributed by atoms with Gasteiger partial charge in [0.05, 0.1) is 10.5 Å². The second kappa shape index (κ2) is 3.34. The summed E-state index contributed by atoms with van der Waals surface area (Å²) in [5.41, 5.74) is -2.69. The molecule has 0 unspecified atom stereocenters. The van der Waals surface area contributed by atoms with E-state index in [0.717, 1.165) is 6.33 Å². The largest absolute Gasteiger partial charge is 0.427 e. The molecule has 0 radical (unpaired) electrons. The molecule has 0 saturated heterocycles. The number of nitro groups is 1. The number of aromatic nitrogens is 2. The summed E-state index contributed by atoms with van der Waals surface area (Å²) in [6, 6.07) is 0.977. The maximum Gasteiger partial charge on any atom is 0.416 e. The molecule has 0 bridgehead atoms. The van der Waals surface area contributed by atoms with E-state index in [2.05, 4.69) is 4.98 Å². The van der Waals surface area contributed by atoms with E-state index in [1.807, 2.05) is 0 Å². The Morgan fingerprint density at radius 2 is 2.06 bits per heavy atom. The molecule has 2 aromatic rings. The van der Waals surface area contributed by atoms with Gasteiger partial charge < -0.3 is 5.21 Å². The highest BCUT2D eigenvalue weighted by Gasteiger charge is 2.34. The predicted octanol–water partition coefficient (Wildman–Crippen LogP) is 2.20. The number of hydrogen-bond acceptors (Lipinski definition) is 4. The summed E-state index contributed by atoms with van der Waals surface area (Å²) in [4.78, 5) is 13.1. The van der Waals surface area contributed by atoms with Crippen molar-refractivity contribution in [2.45, 2.75) is 6.18 Å². The van der Waals surface area contributed by atoms with Gasteiger partial charge in [-0.05, 0) is 6.07 Å². The summed E-state index contributed by atoms with van der Waals surface area (Å²) in [6.45, 7) is 0. The van der Waals surface area contributed by atoms with E-state index in [4.69, 9.17) is 0 Å². The molecule has 0 fully saturated rings. The highest BCUT2D eigenvalue weighted by Crippen LogP contribution is 2.35. The van der Waals surface area contributed by atoms with Crippen LogP contribution in [-0.2, 0) is 6.18 Å². The molecular formula is C8H4F3N3O3. The van der Waals surface area contributed by atoms with Gasteiger partial charge in [-0.1, -0.05) is 0 Å². The highest BCUT2D eigenvalue weighted by atomic mass is 19.4. The molecule has 0 atom stereocenters. The Bertz CT molecular complexity index is 605. The number of nitro benzene ring substituents is 1. The van der Waals surface area contributed by atoms with Crippen molar-refractivity contribution in [1.82, 2.24) is 9.71 Å². The zero-order valence-electron chi connectivity index (χ0n) is 7.97. The van der Waals surface area contributed by atoms with E-state index >= 15 is 0 Å². The van der Waals surface area contributed by atoms with E-state index in [1.54, 1.807) is 0 Å². The summed E-state index contributed by atoms with van der Waals surface area (Å²) in [6.07, 6.45) is -3.94. The third-order valence-electron chi connectivity index (χ3n) is 2.14. The second-order valence-corrected chi connectivity index (χ2v) is 3.21. The van der Waals surface area contributed by atoms with Gasteiger partial charge in [0.2, 0.25) is 0 Å². The maximum atomic E-state index is 12.5.